The lowest BCUT2D eigenvalue weighted by molar-refractivity contribution is -0.0415. The molecule has 4 aromatic carbocycles. The Morgan fingerprint density at radius 2 is 1.21 bits per heavy atom. The summed E-state index contributed by atoms with van der Waals surface area (Å²) in [7, 11) is 0. The molecule has 5 aliphatic rings. The minimum Gasteiger partial charge on any atom is -0.259 e. The third-order valence-electron chi connectivity index (χ3n) is 11.9. The highest BCUT2D eigenvalue weighted by molar-refractivity contribution is 7.26. The predicted molar refractivity (Wildman–Crippen MR) is 190 cm³/mol. The van der Waals surface area contributed by atoms with Crippen LogP contribution in [0.2, 0.25) is 0 Å². The van der Waals surface area contributed by atoms with Crippen LogP contribution in [-0.4, -0.2) is 19.9 Å². The van der Waals surface area contributed by atoms with Gasteiger partial charge in [0, 0.05) is 54.0 Å². The number of aromatic nitrogens is 4. The number of hydrogen-bond acceptors (Lipinski definition) is 5. The molecule has 0 N–H and O–H groups in total. The Kier molecular flexibility index (Phi) is 5.41. The molecule has 3 heterocycles. The van der Waals surface area contributed by atoms with Gasteiger partial charge in [0.25, 0.3) is 0 Å². The molecule has 0 unspecified atom stereocenters. The fraction of sp³-hybridized carbons (Fsp3) is 0.238. The van der Waals surface area contributed by atoms with Gasteiger partial charge in [0.2, 0.25) is 0 Å². The summed E-state index contributed by atoms with van der Waals surface area (Å²) in [6, 6.07) is 36.9. The van der Waals surface area contributed by atoms with Crippen molar-refractivity contribution in [1.82, 2.24) is 19.9 Å². The van der Waals surface area contributed by atoms with Crippen molar-refractivity contribution in [1.29, 1.82) is 0 Å². The lowest BCUT2D eigenvalue weighted by Crippen LogP contribution is -2.55. The minimum atomic E-state index is 0.0498. The SMILES string of the molecule is c1ccc(-c2nc(-c3cnc4c(c3)-c3ccccc3C43C4CC5CC(C4)CC3C5)nc(-c3cccc4c3sc3ccccc34)n2)cc1. The number of thiophene rings is 1. The molecule has 1 spiro atoms. The van der Waals surface area contributed by atoms with E-state index in [1.54, 1.807) is 11.3 Å². The zero-order valence-corrected chi connectivity index (χ0v) is 26.8. The first kappa shape index (κ1) is 26.3. The van der Waals surface area contributed by atoms with Crippen LogP contribution in [-0.2, 0) is 5.41 Å². The van der Waals surface area contributed by atoms with Crippen LogP contribution in [0.15, 0.2) is 109 Å². The van der Waals surface area contributed by atoms with Crippen molar-refractivity contribution in [2.75, 3.05) is 0 Å². The largest absolute Gasteiger partial charge is 0.259 e. The molecule has 47 heavy (non-hydrogen) atoms. The summed E-state index contributed by atoms with van der Waals surface area (Å²) < 4.78 is 2.47. The molecule has 7 aromatic rings. The molecule has 4 saturated carbocycles. The highest BCUT2D eigenvalue weighted by Crippen LogP contribution is 2.69. The van der Waals surface area contributed by atoms with Gasteiger partial charge < -0.3 is 0 Å². The van der Waals surface area contributed by atoms with Crippen LogP contribution in [0.25, 0.3) is 65.5 Å². The number of hydrogen-bond donors (Lipinski definition) is 0. The van der Waals surface area contributed by atoms with Gasteiger partial charge in [0.05, 0.1) is 5.69 Å². The van der Waals surface area contributed by atoms with Crippen molar-refractivity contribution >= 4 is 31.5 Å². The third kappa shape index (κ3) is 3.64. The predicted octanol–water partition coefficient (Wildman–Crippen LogP) is 10.4. The summed E-state index contributed by atoms with van der Waals surface area (Å²) in [6.07, 6.45) is 8.92. The maximum atomic E-state index is 5.43. The maximum absolute atomic E-state index is 5.43. The summed E-state index contributed by atoms with van der Waals surface area (Å²) in [4.78, 5) is 20.9. The van der Waals surface area contributed by atoms with Crippen LogP contribution in [0.3, 0.4) is 0 Å². The van der Waals surface area contributed by atoms with Gasteiger partial charge in [-0.3, -0.25) is 4.98 Å². The van der Waals surface area contributed by atoms with Crippen molar-refractivity contribution in [2.24, 2.45) is 23.7 Å². The summed E-state index contributed by atoms with van der Waals surface area (Å²) in [5, 5.41) is 2.51. The lowest BCUT2D eigenvalue weighted by atomic mass is 9.43. The number of fused-ring (bicyclic) bond motifs is 6. The van der Waals surface area contributed by atoms with E-state index in [-0.39, 0.29) is 5.41 Å². The normalized spacial score (nSPS) is 25.1. The van der Waals surface area contributed by atoms with E-state index in [0.717, 1.165) is 28.5 Å². The molecule has 5 aliphatic carbocycles. The Labute approximate surface area is 277 Å². The highest BCUT2D eigenvalue weighted by Gasteiger charge is 2.62. The molecular formula is C42H32N4S. The van der Waals surface area contributed by atoms with E-state index >= 15 is 0 Å². The molecule has 4 fully saturated rings. The van der Waals surface area contributed by atoms with Gasteiger partial charge >= 0.3 is 0 Å². The van der Waals surface area contributed by atoms with Crippen LogP contribution in [0, 0.1) is 23.7 Å². The lowest BCUT2D eigenvalue weighted by Gasteiger charge is -2.60. The molecule has 0 saturated heterocycles. The molecular weight excluding hydrogens is 593 g/mol. The van der Waals surface area contributed by atoms with Gasteiger partial charge in [0.15, 0.2) is 17.5 Å². The second-order valence-corrected chi connectivity index (χ2v) is 15.3. The smallest absolute Gasteiger partial charge is 0.165 e. The van der Waals surface area contributed by atoms with E-state index in [0.29, 0.717) is 29.3 Å². The van der Waals surface area contributed by atoms with Crippen LogP contribution in [0.1, 0.15) is 43.4 Å². The van der Waals surface area contributed by atoms with Gasteiger partial charge in [-0.1, -0.05) is 84.9 Å². The second-order valence-electron chi connectivity index (χ2n) is 14.3. The minimum absolute atomic E-state index is 0.0498. The first-order chi connectivity index (χ1) is 23.2. The van der Waals surface area contributed by atoms with Crippen molar-refractivity contribution in [3.8, 4) is 45.3 Å². The van der Waals surface area contributed by atoms with Gasteiger partial charge in [-0.15, -0.1) is 11.3 Å². The Bertz CT molecular complexity index is 2360. The van der Waals surface area contributed by atoms with E-state index in [9.17, 15) is 0 Å². The highest BCUT2D eigenvalue weighted by atomic mass is 32.1. The van der Waals surface area contributed by atoms with E-state index in [1.165, 1.54) is 74.7 Å². The average molecular weight is 625 g/mol. The monoisotopic (exact) mass is 624 g/mol. The van der Waals surface area contributed by atoms with Crippen LogP contribution < -0.4 is 0 Å². The van der Waals surface area contributed by atoms with E-state index in [2.05, 4.69) is 91.1 Å². The van der Waals surface area contributed by atoms with Gasteiger partial charge in [-0.2, -0.15) is 0 Å². The van der Waals surface area contributed by atoms with E-state index in [4.69, 9.17) is 19.9 Å². The summed E-state index contributed by atoms with van der Waals surface area (Å²) in [5.74, 6) is 5.25. The molecule has 12 rings (SSSR count). The molecule has 0 amide bonds. The van der Waals surface area contributed by atoms with E-state index in [1.807, 2.05) is 18.2 Å². The van der Waals surface area contributed by atoms with Crippen molar-refractivity contribution < 1.29 is 0 Å². The fourth-order valence-electron chi connectivity index (χ4n) is 10.3. The van der Waals surface area contributed by atoms with Crippen molar-refractivity contribution in [2.45, 2.75) is 37.5 Å². The number of rotatable bonds is 3. The Balaban J connectivity index is 1.12. The number of pyridine rings is 1. The van der Waals surface area contributed by atoms with Gasteiger partial charge in [-0.25, -0.2) is 15.0 Å². The molecule has 3 aromatic heterocycles. The van der Waals surface area contributed by atoms with Gasteiger partial charge in [0.1, 0.15) is 0 Å². The van der Waals surface area contributed by atoms with Crippen LogP contribution >= 0.6 is 11.3 Å². The second kappa shape index (κ2) is 9.65. The maximum Gasteiger partial charge on any atom is 0.165 e. The fourth-order valence-corrected chi connectivity index (χ4v) is 11.6. The molecule has 5 heteroatoms. The van der Waals surface area contributed by atoms with Crippen molar-refractivity contribution in [3.05, 3.63) is 121 Å². The standard InChI is InChI=1S/C42H32N4S/c1-2-9-26(10-3-1)39-44-40(46-41(45-39)33-14-8-13-32-31-12-5-7-16-36(31)47-37(32)33)27-22-34-30-11-4-6-15-35(30)42(38(34)43-23-27)28-18-24-17-25(20-28)21-29(42)19-24/h1-16,22-25,28-29H,17-21H2. The average Bonchev–Trinajstić information content (AvgIpc) is 3.64. The quantitative estimate of drug-likeness (QED) is 0.196. The van der Waals surface area contributed by atoms with Crippen molar-refractivity contribution in [3.63, 3.8) is 0 Å². The van der Waals surface area contributed by atoms with Gasteiger partial charge in [-0.05, 0) is 85.1 Å². The number of benzene rings is 4. The summed E-state index contributed by atoms with van der Waals surface area (Å²) >= 11 is 1.81. The molecule has 4 nitrogen and oxygen atoms in total. The summed E-state index contributed by atoms with van der Waals surface area (Å²) in [6.45, 7) is 0. The zero-order chi connectivity index (χ0) is 30.7. The third-order valence-corrected chi connectivity index (χ3v) is 13.2. The number of nitrogens with zero attached hydrogens (tertiary/aromatic N) is 4. The molecule has 0 aliphatic heterocycles. The first-order valence-corrected chi connectivity index (χ1v) is 17.9. The first-order valence-electron chi connectivity index (χ1n) is 17.1. The molecule has 4 bridgehead atoms. The van der Waals surface area contributed by atoms with Crippen LogP contribution in [0.4, 0.5) is 0 Å². The molecule has 0 atom stereocenters. The Hall–Kier alpha value is -4.74. The zero-order valence-electron chi connectivity index (χ0n) is 25.9. The van der Waals surface area contributed by atoms with E-state index < -0.39 is 0 Å². The topological polar surface area (TPSA) is 51.6 Å². The Morgan fingerprint density at radius 1 is 0.553 bits per heavy atom. The summed E-state index contributed by atoms with van der Waals surface area (Å²) in [5.41, 5.74) is 8.48. The molecule has 0 radical (unpaired) electrons. The Morgan fingerprint density at radius 3 is 2.04 bits per heavy atom. The van der Waals surface area contributed by atoms with Crippen LogP contribution in [0.5, 0.6) is 0 Å². The molecule has 226 valence electrons.